The SMILES string of the molecule is CCNC(=NCc1ccc(OCC)c(F)c1)NC1CC2CCC(C1)N2C(=O)OC(C)(C)C. The van der Waals surface area contributed by atoms with E-state index in [1.165, 1.54) is 6.07 Å². The van der Waals surface area contributed by atoms with Crippen LogP contribution in [0.25, 0.3) is 0 Å². The summed E-state index contributed by atoms with van der Waals surface area (Å²) in [5.41, 5.74) is 0.291. The summed E-state index contributed by atoms with van der Waals surface area (Å²) in [5, 5.41) is 6.80. The molecule has 7 nitrogen and oxygen atoms in total. The highest BCUT2D eigenvalue weighted by molar-refractivity contribution is 5.80. The highest BCUT2D eigenvalue weighted by Crippen LogP contribution is 2.36. The van der Waals surface area contributed by atoms with E-state index in [9.17, 15) is 9.18 Å². The predicted octanol–water partition coefficient (Wildman–Crippen LogP) is 4.21. The first-order chi connectivity index (χ1) is 15.2. The van der Waals surface area contributed by atoms with Crippen molar-refractivity contribution in [3.63, 3.8) is 0 Å². The van der Waals surface area contributed by atoms with E-state index in [1.807, 2.05) is 45.6 Å². The van der Waals surface area contributed by atoms with Crippen LogP contribution in [0.2, 0.25) is 0 Å². The zero-order chi connectivity index (χ0) is 23.3. The molecule has 2 N–H and O–H groups in total. The van der Waals surface area contributed by atoms with Crippen molar-refractivity contribution in [2.45, 2.75) is 90.6 Å². The largest absolute Gasteiger partial charge is 0.491 e. The van der Waals surface area contributed by atoms with Crippen molar-refractivity contribution in [2.24, 2.45) is 4.99 Å². The third-order valence-corrected chi connectivity index (χ3v) is 5.74. The minimum absolute atomic E-state index is 0.184. The Labute approximate surface area is 190 Å². The molecule has 1 aromatic carbocycles. The fourth-order valence-corrected chi connectivity index (χ4v) is 4.51. The Morgan fingerprint density at radius 2 is 1.91 bits per heavy atom. The average Bonchev–Trinajstić information content (AvgIpc) is 2.98. The van der Waals surface area contributed by atoms with Crippen LogP contribution in [0.15, 0.2) is 23.2 Å². The van der Waals surface area contributed by atoms with Crippen LogP contribution in [-0.2, 0) is 11.3 Å². The molecule has 0 aliphatic carbocycles. The molecule has 2 heterocycles. The molecule has 3 rings (SSSR count). The first-order valence-electron chi connectivity index (χ1n) is 11.7. The van der Waals surface area contributed by atoms with Crippen LogP contribution in [0.1, 0.15) is 65.9 Å². The van der Waals surface area contributed by atoms with Crippen LogP contribution in [0.4, 0.5) is 9.18 Å². The number of hydrogen-bond donors (Lipinski definition) is 2. The molecule has 8 heteroatoms. The lowest BCUT2D eigenvalue weighted by molar-refractivity contribution is 0.00545. The lowest BCUT2D eigenvalue weighted by atomic mass is 9.98. The lowest BCUT2D eigenvalue weighted by Crippen LogP contribution is -2.55. The van der Waals surface area contributed by atoms with Crippen molar-refractivity contribution in [1.82, 2.24) is 15.5 Å². The monoisotopic (exact) mass is 448 g/mol. The first-order valence-corrected chi connectivity index (χ1v) is 11.7. The topological polar surface area (TPSA) is 75.2 Å². The molecule has 0 aromatic heterocycles. The van der Waals surface area contributed by atoms with Crippen LogP contribution >= 0.6 is 0 Å². The molecule has 2 unspecified atom stereocenters. The molecular weight excluding hydrogens is 411 g/mol. The first kappa shape index (κ1) is 24.1. The van der Waals surface area contributed by atoms with Crippen LogP contribution < -0.4 is 15.4 Å². The van der Waals surface area contributed by atoms with Crippen LogP contribution in [0, 0.1) is 5.82 Å². The standard InChI is InChI=1S/C24H37FN4O3/c1-6-26-22(27-15-16-8-11-21(31-7-2)20(25)12-16)28-17-13-18-9-10-19(14-17)29(18)23(30)32-24(3,4)5/h8,11-12,17-19H,6-7,9-10,13-15H2,1-5H3,(H2,26,27,28). The van der Waals surface area contributed by atoms with Crippen LogP contribution in [-0.4, -0.2) is 53.8 Å². The van der Waals surface area contributed by atoms with Gasteiger partial charge in [0.1, 0.15) is 5.60 Å². The molecule has 0 radical (unpaired) electrons. The van der Waals surface area contributed by atoms with E-state index in [2.05, 4.69) is 15.6 Å². The number of piperidine rings is 1. The number of carbonyl (C=O) groups excluding carboxylic acids is 1. The number of nitrogens with zero attached hydrogens (tertiary/aromatic N) is 2. The third kappa shape index (κ3) is 6.26. The van der Waals surface area contributed by atoms with E-state index in [-0.39, 0.29) is 35.8 Å². The van der Waals surface area contributed by atoms with Gasteiger partial charge in [-0.25, -0.2) is 14.2 Å². The van der Waals surface area contributed by atoms with Gasteiger partial charge in [-0.3, -0.25) is 0 Å². The molecule has 0 spiro atoms. The molecule has 2 saturated heterocycles. The van der Waals surface area contributed by atoms with Crippen LogP contribution in [0.3, 0.4) is 0 Å². The summed E-state index contributed by atoms with van der Waals surface area (Å²) in [6, 6.07) is 5.54. The number of amides is 1. The van der Waals surface area contributed by atoms with Gasteiger partial charge in [-0.15, -0.1) is 0 Å². The molecule has 2 fully saturated rings. The number of rotatable bonds is 6. The second-order valence-corrected chi connectivity index (χ2v) is 9.48. The molecule has 2 aliphatic rings. The highest BCUT2D eigenvalue weighted by atomic mass is 19.1. The maximum atomic E-state index is 14.1. The predicted molar refractivity (Wildman–Crippen MR) is 123 cm³/mol. The van der Waals surface area contributed by atoms with E-state index >= 15 is 0 Å². The van der Waals surface area contributed by atoms with Crippen molar-refractivity contribution in [2.75, 3.05) is 13.2 Å². The van der Waals surface area contributed by atoms with Gasteiger partial charge in [-0.1, -0.05) is 6.07 Å². The Hall–Kier alpha value is -2.51. The normalized spacial score (nSPS) is 23.1. The maximum Gasteiger partial charge on any atom is 0.410 e. The summed E-state index contributed by atoms with van der Waals surface area (Å²) in [6.07, 6.45) is 3.51. The molecule has 1 aromatic rings. The van der Waals surface area contributed by atoms with Gasteiger partial charge >= 0.3 is 6.09 Å². The number of halogens is 1. The van der Waals surface area contributed by atoms with Gasteiger partial charge in [-0.2, -0.15) is 0 Å². The van der Waals surface area contributed by atoms with E-state index in [4.69, 9.17) is 9.47 Å². The van der Waals surface area contributed by atoms with Gasteiger partial charge in [0.15, 0.2) is 17.5 Å². The third-order valence-electron chi connectivity index (χ3n) is 5.74. The summed E-state index contributed by atoms with van der Waals surface area (Å²) >= 11 is 0. The molecule has 2 atom stereocenters. The highest BCUT2D eigenvalue weighted by Gasteiger charge is 2.45. The Kier molecular flexibility index (Phi) is 7.85. The number of nitrogens with one attached hydrogen (secondary N) is 2. The van der Waals surface area contributed by atoms with Gasteiger partial charge in [0.05, 0.1) is 13.2 Å². The Morgan fingerprint density at radius 1 is 1.22 bits per heavy atom. The van der Waals surface area contributed by atoms with Gasteiger partial charge < -0.3 is 25.0 Å². The van der Waals surface area contributed by atoms with Crippen LogP contribution in [0.5, 0.6) is 5.75 Å². The van der Waals surface area contributed by atoms with Crippen molar-refractivity contribution in [3.8, 4) is 5.75 Å². The number of guanidine groups is 1. The van der Waals surface area contributed by atoms with E-state index in [1.54, 1.807) is 6.07 Å². The number of aliphatic imine (C=N–C) groups is 1. The van der Waals surface area contributed by atoms with Gasteiger partial charge in [-0.05, 0) is 78.0 Å². The maximum absolute atomic E-state index is 14.1. The minimum Gasteiger partial charge on any atom is -0.491 e. The van der Waals surface area contributed by atoms with Crippen molar-refractivity contribution < 1.29 is 18.7 Å². The smallest absolute Gasteiger partial charge is 0.410 e. The second kappa shape index (κ2) is 10.4. The van der Waals surface area contributed by atoms with Crippen molar-refractivity contribution >= 4 is 12.1 Å². The number of carbonyl (C=O) groups is 1. The summed E-state index contributed by atoms with van der Waals surface area (Å²) < 4.78 is 25.0. The van der Waals surface area contributed by atoms with Gasteiger partial charge in [0.2, 0.25) is 0 Å². The zero-order valence-corrected chi connectivity index (χ0v) is 19.9. The molecule has 0 saturated carbocycles. The number of hydrogen-bond acceptors (Lipinski definition) is 4. The Balaban J connectivity index is 1.61. The van der Waals surface area contributed by atoms with Crippen molar-refractivity contribution in [1.29, 1.82) is 0 Å². The summed E-state index contributed by atoms with van der Waals surface area (Å²) in [4.78, 5) is 19.3. The number of ether oxygens (including phenoxy) is 2. The molecular formula is C24H37FN4O3. The Bertz CT molecular complexity index is 810. The summed E-state index contributed by atoms with van der Waals surface area (Å²) in [7, 11) is 0. The second-order valence-electron chi connectivity index (χ2n) is 9.48. The molecule has 2 aliphatic heterocycles. The fraction of sp³-hybridized carbons (Fsp3) is 0.667. The van der Waals surface area contributed by atoms with Crippen molar-refractivity contribution in [3.05, 3.63) is 29.6 Å². The average molecular weight is 449 g/mol. The minimum atomic E-state index is -0.489. The zero-order valence-electron chi connectivity index (χ0n) is 19.9. The molecule has 1 amide bonds. The van der Waals surface area contributed by atoms with Gasteiger partial charge in [0, 0.05) is 24.7 Å². The molecule has 2 bridgehead atoms. The number of fused-ring (bicyclic) bond motifs is 2. The lowest BCUT2D eigenvalue weighted by Gasteiger charge is -2.40. The van der Waals surface area contributed by atoms with E-state index in [0.29, 0.717) is 19.1 Å². The Morgan fingerprint density at radius 3 is 2.47 bits per heavy atom. The molecule has 32 heavy (non-hydrogen) atoms. The van der Waals surface area contributed by atoms with Gasteiger partial charge in [0.25, 0.3) is 0 Å². The van der Waals surface area contributed by atoms with E-state index in [0.717, 1.165) is 37.8 Å². The number of benzene rings is 1. The quantitative estimate of drug-likeness (QED) is 0.504. The fourth-order valence-electron chi connectivity index (χ4n) is 4.51. The van der Waals surface area contributed by atoms with E-state index < -0.39 is 5.60 Å². The summed E-state index contributed by atoms with van der Waals surface area (Å²) in [6.45, 7) is 11.1. The summed E-state index contributed by atoms with van der Waals surface area (Å²) in [5.74, 6) is 0.595. The molecule has 178 valence electrons.